The highest BCUT2D eigenvalue weighted by Crippen LogP contribution is 2.30. The number of nitrogens with one attached hydrogen (secondary N) is 1. The Labute approximate surface area is 134 Å². The van der Waals surface area contributed by atoms with Crippen molar-refractivity contribution < 1.29 is 14.3 Å². The first-order valence-corrected chi connectivity index (χ1v) is 7.40. The SMILES string of the molecule is COc1ccc(Cl)cc1NC(=O)C1COc2ccccc2C1. The zero-order chi connectivity index (χ0) is 15.5. The van der Waals surface area contributed by atoms with E-state index >= 15 is 0 Å². The molecule has 1 atom stereocenters. The Morgan fingerprint density at radius 3 is 2.95 bits per heavy atom. The molecule has 3 rings (SSSR count). The first kappa shape index (κ1) is 14.7. The van der Waals surface area contributed by atoms with Crippen molar-refractivity contribution in [2.45, 2.75) is 6.42 Å². The molecule has 1 aliphatic heterocycles. The standard InChI is InChI=1S/C17H16ClNO3/c1-21-16-7-6-13(18)9-14(16)19-17(20)12-8-11-4-2-3-5-15(11)22-10-12/h2-7,9,12H,8,10H2,1H3,(H,19,20). The minimum absolute atomic E-state index is 0.102. The van der Waals surface area contributed by atoms with Crippen LogP contribution in [0.25, 0.3) is 0 Å². The Hall–Kier alpha value is -2.20. The lowest BCUT2D eigenvalue weighted by Gasteiger charge is -2.24. The summed E-state index contributed by atoms with van der Waals surface area (Å²) in [5.41, 5.74) is 1.62. The van der Waals surface area contributed by atoms with Gasteiger partial charge in [0.2, 0.25) is 5.91 Å². The number of para-hydroxylation sites is 1. The zero-order valence-corrected chi connectivity index (χ0v) is 12.9. The van der Waals surface area contributed by atoms with Gasteiger partial charge in [-0.1, -0.05) is 29.8 Å². The topological polar surface area (TPSA) is 47.6 Å². The van der Waals surface area contributed by atoms with Gasteiger partial charge in [0, 0.05) is 5.02 Å². The van der Waals surface area contributed by atoms with Crippen LogP contribution in [0.2, 0.25) is 5.02 Å². The molecular weight excluding hydrogens is 302 g/mol. The molecule has 0 bridgehead atoms. The summed E-state index contributed by atoms with van der Waals surface area (Å²) in [6.07, 6.45) is 0.658. The zero-order valence-electron chi connectivity index (χ0n) is 12.1. The van der Waals surface area contributed by atoms with Crippen LogP contribution < -0.4 is 14.8 Å². The van der Waals surface area contributed by atoms with E-state index in [9.17, 15) is 4.79 Å². The maximum Gasteiger partial charge on any atom is 0.231 e. The molecule has 0 aliphatic carbocycles. The van der Waals surface area contributed by atoms with Crippen LogP contribution >= 0.6 is 11.6 Å². The van der Waals surface area contributed by atoms with Crippen molar-refractivity contribution in [3.63, 3.8) is 0 Å². The van der Waals surface area contributed by atoms with E-state index in [1.54, 1.807) is 25.3 Å². The first-order valence-electron chi connectivity index (χ1n) is 7.02. The first-order chi connectivity index (χ1) is 10.7. The Morgan fingerprint density at radius 1 is 1.32 bits per heavy atom. The van der Waals surface area contributed by atoms with E-state index in [0.717, 1.165) is 11.3 Å². The van der Waals surface area contributed by atoms with Gasteiger partial charge in [0.15, 0.2) is 0 Å². The van der Waals surface area contributed by atoms with Gasteiger partial charge in [0.05, 0.1) is 18.7 Å². The number of benzene rings is 2. The molecule has 0 spiro atoms. The van der Waals surface area contributed by atoms with Gasteiger partial charge < -0.3 is 14.8 Å². The van der Waals surface area contributed by atoms with Gasteiger partial charge >= 0.3 is 0 Å². The third kappa shape index (κ3) is 3.02. The van der Waals surface area contributed by atoms with Crippen LogP contribution in [0.15, 0.2) is 42.5 Å². The average molecular weight is 318 g/mol. The molecule has 0 radical (unpaired) electrons. The van der Waals surface area contributed by atoms with Crippen molar-refractivity contribution >= 4 is 23.2 Å². The molecule has 1 aliphatic rings. The monoisotopic (exact) mass is 317 g/mol. The van der Waals surface area contributed by atoms with Gasteiger partial charge in [0.1, 0.15) is 18.1 Å². The number of halogens is 1. The van der Waals surface area contributed by atoms with E-state index in [2.05, 4.69) is 5.32 Å². The molecule has 2 aromatic rings. The largest absolute Gasteiger partial charge is 0.495 e. The van der Waals surface area contributed by atoms with Crippen LogP contribution in [0.3, 0.4) is 0 Å². The van der Waals surface area contributed by atoms with Gasteiger partial charge in [0.25, 0.3) is 0 Å². The Balaban J connectivity index is 1.75. The summed E-state index contributed by atoms with van der Waals surface area (Å²) in [6, 6.07) is 12.9. The highest BCUT2D eigenvalue weighted by atomic mass is 35.5. The van der Waals surface area contributed by atoms with Crippen LogP contribution in [0, 0.1) is 5.92 Å². The molecule has 0 fully saturated rings. The molecule has 0 aromatic heterocycles. The highest BCUT2D eigenvalue weighted by molar-refractivity contribution is 6.31. The number of amides is 1. The lowest BCUT2D eigenvalue weighted by atomic mass is 9.96. The molecule has 22 heavy (non-hydrogen) atoms. The van der Waals surface area contributed by atoms with Crippen molar-refractivity contribution in [3.05, 3.63) is 53.1 Å². The molecule has 4 nitrogen and oxygen atoms in total. The number of fused-ring (bicyclic) bond motifs is 1. The van der Waals surface area contributed by atoms with Crippen molar-refractivity contribution in [2.75, 3.05) is 19.0 Å². The second kappa shape index (κ2) is 6.28. The van der Waals surface area contributed by atoms with E-state index in [1.165, 1.54) is 0 Å². The molecule has 1 N–H and O–H groups in total. The maximum atomic E-state index is 12.5. The van der Waals surface area contributed by atoms with Gasteiger partial charge in [-0.25, -0.2) is 0 Å². The molecule has 1 unspecified atom stereocenters. The summed E-state index contributed by atoms with van der Waals surface area (Å²) in [5, 5.41) is 3.42. The van der Waals surface area contributed by atoms with E-state index in [-0.39, 0.29) is 11.8 Å². The van der Waals surface area contributed by atoms with Crippen molar-refractivity contribution in [2.24, 2.45) is 5.92 Å². The fraction of sp³-hybridized carbons (Fsp3) is 0.235. The summed E-state index contributed by atoms with van der Waals surface area (Å²) < 4.78 is 10.9. The number of hydrogen-bond donors (Lipinski definition) is 1. The molecule has 0 saturated carbocycles. The molecule has 114 valence electrons. The Bertz CT molecular complexity index is 702. The summed E-state index contributed by atoms with van der Waals surface area (Å²) in [5.74, 6) is 1.09. The van der Waals surface area contributed by atoms with E-state index in [4.69, 9.17) is 21.1 Å². The molecule has 0 saturated heterocycles. The van der Waals surface area contributed by atoms with E-state index < -0.39 is 0 Å². The van der Waals surface area contributed by atoms with E-state index in [0.29, 0.717) is 29.5 Å². The molecular formula is C17H16ClNO3. The van der Waals surface area contributed by atoms with Crippen LogP contribution in [0.4, 0.5) is 5.69 Å². The second-order valence-corrected chi connectivity index (χ2v) is 5.59. The smallest absolute Gasteiger partial charge is 0.231 e. The lowest BCUT2D eigenvalue weighted by Crippen LogP contribution is -2.32. The van der Waals surface area contributed by atoms with Crippen molar-refractivity contribution in [1.29, 1.82) is 0 Å². The third-order valence-electron chi connectivity index (χ3n) is 3.67. The van der Waals surface area contributed by atoms with Crippen LogP contribution in [0.5, 0.6) is 11.5 Å². The van der Waals surface area contributed by atoms with Crippen LogP contribution in [-0.2, 0) is 11.2 Å². The van der Waals surface area contributed by atoms with Gasteiger partial charge in [-0.3, -0.25) is 4.79 Å². The number of carbonyl (C=O) groups excluding carboxylic acids is 1. The van der Waals surface area contributed by atoms with Crippen molar-refractivity contribution in [3.8, 4) is 11.5 Å². The number of rotatable bonds is 3. The number of hydrogen-bond acceptors (Lipinski definition) is 3. The van der Waals surface area contributed by atoms with Crippen LogP contribution in [0.1, 0.15) is 5.56 Å². The maximum absolute atomic E-state index is 12.5. The third-order valence-corrected chi connectivity index (χ3v) is 3.90. The average Bonchev–Trinajstić information content (AvgIpc) is 2.54. The number of carbonyl (C=O) groups is 1. The predicted octanol–water partition coefficient (Wildman–Crippen LogP) is 3.54. The predicted molar refractivity (Wildman–Crippen MR) is 85.8 cm³/mol. The summed E-state index contributed by atoms with van der Waals surface area (Å²) in [6.45, 7) is 0.367. The summed E-state index contributed by atoms with van der Waals surface area (Å²) in [7, 11) is 1.55. The van der Waals surface area contributed by atoms with Gasteiger partial charge in [-0.2, -0.15) is 0 Å². The number of ether oxygens (including phenoxy) is 2. The van der Waals surface area contributed by atoms with Gasteiger partial charge in [-0.15, -0.1) is 0 Å². The van der Waals surface area contributed by atoms with Crippen LogP contribution in [-0.4, -0.2) is 19.6 Å². The lowest BCUT2D eigenvalue weighted by molar-refractivity contribution is -0.121. The fourth-order valence-corrected chi connectivity index (χ4v) is 2.68. The Morgan fingerprint density at radius 2 is 2.14 bits per heavy atom. The summed E-state index contributed by atoms with van der Waals surface area (Å²) in [4.78, 5) is 12.5. The van der Waals surface area contributed by atoms with Crippen molar-refractivity contribution in [1.82, 2.24) is 0 Å². The highest BCUT2D eigenvalue weighted by Gasteiger charge is 2.26. The molecule has 1 heterocycles. The summed E-state index contributed by atoms with van der Waals surface area (Å²) >= 11 is 5.98. The minimum Gasteiger partial charge on any atom is -0.495 e. The number of anilines is 1. The molecule has 5 heteroatoms. The fourth-order valence-electron chi connectivity index (χ4n) is 2.51. The minimum atomic E-state index is -0.237. The second-order valence-electron chi connectivity index (χ2n) is 5.15. The van der Waals surface area contributed by atoms with Gasteiger partial charge in [-0.05, 0) is 36.2 Å². The van der Waals surface area contributed by atoms with E-state index in [1.807, 2.05) is 24.3 Å². The normalized spacial score (nSPS) is 16.4. The molecule has 1 amide bonds. The quantitative estimate of drug-likeness (QED) is 0.942. The molecule has 2 aromatic carbocycles. The number of methoxy groups -OCH3 is 1. The Kier molecular flexibility index (Phi) is 4.20.